The van der Waals surface area contributed by atoms with Crippen molar-refractivity contribution < 1.29 is 9.53 Å². The molecule has 0 bridgehead atoms. The van der Waals surface area contributed by atoms with Gasteiger partial charge in [-0.05, 0) is 48.4 Å². The van der Waals surface area contributed by atoms with Crippen molar-refractivity contribution in [3.63, 3.8) is 0 Å². The Balaban J connectivity index is 2.33. The lowest BCUT2D eigenvalue weighted by atomic mass is 10.1. The highest BCUT2D eigenvalue weighted by Gasteiger charge is 2.20. The molecule has 1 heterocycles. The largest absolute Gasteiger partial charge is 0.468 e. The number of ether oxygens (including phenoxy) is 1. The molecule has 1 aromatic heterocycles. The van der Waals surface area contributed by atoms with Crippen LogP contribution in [0.3, 0.4) is 0 Å². The van der Waals surface area contributed by atoms with Crippen molar-refractivity contribution in [2.45, 2.75) is 31.2 Å². The standard InChI is InChI=1S/C13H16N4O2S/c1-8-5-6-9(2)11(7-8)17-13(14-15-16-17)20-10(3)12(18)19-4/h5-7,10H,1-4H3/t10-/m0/s1. The molecular formula is C13H16N4O2S. The van der Waals surface area contributed by atoms with E-state index in [2.05, 4.69) is 15.5 Å². The number of methoxy groups -OCH3 is 1. The van der Waals surface area contributed by atoms with Crippen LogP contribution in [0.2, 0.25) is 0 Å². The monoisotopic (exact) mass is 292 g/mol. The van der Waals surface area contributed by atoms with Gasteiger partial charge in [0.25, 0.3) is 0 Å². The molecule has 1 atom stereocenters. The van der Waals surface area contributed by atoms with E-state index >= 15 is 0 Å². The van der Waals surface area contributed by atoms with Crippen molar-refractivity contribution in [3.8, 4) is 5.69 Å². The number of hydrogen-bond donors (Lipinski definition) is 0. The summed E-state index contributed by atoms with van der Waals surface area (Å²) in [5.41, 5.74) is 3.10. The van der Waals surface area contributed by atoms with E-state index in [-0.39, 0.29) is 11.2 Å². The fraction of sp³-hybridized carbons (Fsp3) is 0.385. The zero-order chi connectivity index (χ0) is 14.7. The minimum absolute atomic E-state index is 0.300. The van der Waals surface area contributed by atoms with Crippen LogP contribution < -0.4 is 0 Å². The maximum Gasteiger partial charge on any atom is 0.318 e. The van der Waals surface area contributed by atoms with Crippen LogP contribution >= 0.6 is 11.8 Å². The molecule has 106 valence electrons. The van der Waals surface area contributed by atoms with Crippen LogP contribution in [0.5, 0.6) is 0 Å². The molecule has 2 rings (SSSR count). The third-order valence-corrected chi connectivity index (χ3v) is 3.86. The van der Waals surface area contributed by atoms with Gasteiger partial charge in [0.1, 0.15) is 5.25 Å². The minimum atomic E-state index is -0.366. The van der Waals surface area contributed by atoms with E-state index < -0.39 is 0 Å². The van der Waals surface area contributed by atoms with Gasteiger partial charge in [-0.3, -0.25) is 4.79 Å². The van der Waals surface area contributed by atoms with E-state index in [0.717, 1.165) is 16.8 Å². The molecule has 6 nitrogen and oxygen atoms in total. The third-order valence-electron chi connectivity index (χ3n) is 2.85. The summed E-state index contributed by atoms with van der Waals surface area (Å²) in [5, 5.41) is 11.9. The van der Waals surface area contributed by atoms with Crippen LogP contribution in [0, 0.1) is 13.8 Å². The van der Waals surface area contributed by atoms with Gasteiger partial charge in [0, 0.05) is 0 Å². The second-order valence-corrected chi connectivity index (χ2v) is 5.75. The Labute approximate surface area is 121 Å². The van der Waals surface area contributed by atoms with Crippen molar-refractivity contribution in [2.24, 2.45) is 0 Å². The van der Waals surface area contributed by atoms with Crippen molar-refractivity contribution >= 4 is 17.7 Å². The Morgan fingerprint density at radius 2 is 2.15 bits per heavy atom. The molecule has 0 amide bonds. The first-order valence-electron chi connectivity index (χ1n) is 6.13. The number of esters is 1. The molecule has 20 heavy (non-hydrogen) atoms. The Morgan fingerprint density at radius 1 is 1.40 bits per heavy atom. The maximum atomic E-state index is 11.5. The van der Waals surface area contributed by atoms with Gasteiger partial charge < -0.3 is 4.74 Å². The molecular weight excluding hydrogens is 276 g/mol. The number of carbonyl (C=O) groups excluding carboxylic acids is 1. The lowest BCUT2D eigenvalue weighted by molar-refractivity contribution is -0.139. The molecule has 0 N–H and O–H groups in total. The summed E-state index contributed by atoms with van der Waals surface area (Å²) >= 11 is 1.27. The number of benzene rings is 1. The van der Waals surface area contributed by atoms with Gasteiger partial charge in [-0.1, -0.05) is 23.9 Å². The van der Waals surface area contributed by atoms with E-state index in [9.17, 15) is 4.79 Å². The summed E-state index contributed by atoms with van der Waals surface area (Å²) in [5.74, 6) is -0.300. The average molecular weight is 292 g/mol. The van der Waals surface area contributed by atoms with Gasteiger partial charge >= 0.3 is 5.97 Å². The summed E-state index contributed by atoms with van der Waals surface area (Å²) in [6.45, 7) is 5.77. The number of nitrogens with zero attached hydrogens (tertiary/aromatic N) is 4. The molecule has 0 spiro atoms. The van der Waals surface area contributed by atoms with Gasteiger partial charge in [-0.25, -0.2) is 0 Å². The number of carbonyl (C=O) groups is 1. The van der Waals surface area contributed by atoms with Crippen molar-refractivity contribution in [1.82, 2.24) is 20.2 Å². The van der Waals surface area contributed by atoms with E-state index in [4.69, 9.17) is 4.74 Å². The van der Waals surface area contributed by atoms with Gasteiger partial charge in [0.15, 0.2) is 0 Å². The predicted octanol–water partition coefficient (Wildman–Crippen LogP) is 1.93. The summed E-state index contributed by atoms with van der Waals surface area (Å²) < 4.78 is 6.36. The molecule has 0 saturated carbocycles. The summed E-state index contributed by atoms with van der Waals surface area (Å²) in [7, 11) is 1.37. The first kappa shape index (κ1) is 14.5. The van der Waals surface area contributed by atoms with Gasteiger partial charge in [-0.2, -0.15) is 4.68 Å². The second kappa shape index (κ2) is 6.04. The van der Waals surface area contributed by atoms with E-state index in [1.807, 2.05) is 32.0 Å². The fourth-order valence-electron chi connectivity index (χ4n) is 1.72. The van der Waals surface area contributed by atoms with Crippen LogP contribution in [-0.4, -0.2) is 38.5 Å². The molecule has 1 aromatic carbocycles. The zero-order valence-electron chi connectivity index (χ0n) is 11.8. The quantitative estimate of drug-likeness (QED) is 0.633. The number of rotatable bonds is 4. The highest BCUT2D eigenvalue weighted by atomic mass is 32.2. The van der Waals surface area contributed by atoms with E-state index in [0.29, 0.717) is 5.16 Å². The molecule has 0 saturated heterocycles. The molecule has 0 aliphatic carbocycles. The smallest absolute Gasteiger partial charge is 0.318 e. The fourth-order valence-corrected chi connectivity index (χ4v) is 2.55. The summed E-state index contributed by atoms with van der Waals surface area (Å²) in [6.07, 6.45) is 0. The number of thioether (sulfide) groups is 1. The molecule has 0 fully saturated rings. The number of hydrogen-bond acceptors (Lipinski definition) is 6. The van der Waals surface area contributed by atoms with Crippen LogP contribution in [0.25, 0.3) is 5.69 Å². The Morgan fingerprint density at radius 3 is 2.85 bits per heavy atom. The van der Waals surface area contributed by atoms with Gasteiger partial charge in [-0.15, -0.1) is 5.10 Å². The molecule has 7 heteroatoms. The topological polar surface area (TPSA) is 69.9 Å². The zero-order valence-corrected chi connectivity index (χ0v) is 12.6. The second-order valence-electron chi connectivity index (χ2n) is 4.45. The van der Waals surface area contributed by atoms with Crippen LogP contribution in [-0.2, 0) is 9.53 Å². The highest BCUT2D eigenvalue weighted by Crippen LogP contribution is 2.25. The Kier molecular flexibility index (Phi) is 4.39. The first-order chi connectivity index (χ1) is 9.52. The SMILES string of the molecule is COC(=O)[C@H](C)Sc1nnnn1-c1cc(C)ccc1C. The lowest BCUT2D eigenvalue weighted by Gasteiger charge is -2.10. The molecule has 0 unspecified atom stereocenters. The van der Waals surface area contributed by atoms with E-state index in [1.165, 1.54) is 18.9 Å². The number of aromatic nitrogens is 4. The third kappa shape index (κ3) is 2.98. The number of tetrazole rings is 1. The van der Waals surface area contributed by atoms with Gasteiger partial charge in [0.2, 0.25) is 5.16 Å². The molecule has 2 aromatic rings. The maximum absolute atomic E-state index is 11.5. The molecule has 0 radical (unpaired) electrons. The van der Waals surface area contributed by atoms with Crippen LogP contribution in [0.4, 0.5) is 0 Å². The minimum Gasteiger partial charge on any atom is -0.468 e. The first-order valence-corrected chi connectivity index (χ1v) is 7.01. The molecule has 0 aliphatic rings. The van der Waals surface area contributed by atoms with Gasteiger partial charge in [0.05, 0.1) is 12.8 Å². The predicted molar refractivity (Wildman–Crippen MR) is 76.0 cm³/mol. The van der Waals surface area contributed by atoms with E-state index in [1.54, 1.807) is 11.6 Å². The van der Waals surface area contributed by atoms with Crippen molar-refractivity contribution in [1.29, 1.82) is 0 Å². The average Bonchev–Trinajstić information content (AvgIpc) is 2.88. The van der Waals surface area contributed by atoms with Crippen molar-refractivity contribution in [3.05, 3.63) is 29.3 Å². The normalized spacial score (nSPS) is 12.2. The Hall–Kier alpha value is -1.89. The highest BCUT2D eigenvalue weighted by molar-refractivity contribution is 8.00. The van der Waals surface area contributed by atoms with Crippen molar-refractivity contribution in [2.75, 3.05) is 7.11 Å². The summed E-state index contributed by atoms with van der Waals surface area (Å²) in [6, 6.07) is 6.07. The van der Waals surface area contributed by atoms with Crippen LogP contribution in [0.15, 0.2) is 23.4 Å². The Bertz CT molecular complexity index is 627. The number of aryl methyl sites for hydroxylation is 2. The molecule has 0 aliphatic heterocycles. The van der Waals surface area contributed by atoms with Crippen LogP contribution in [0.1, 0.15) is 18.1 Å². The summed E-state index contributed by atoms with van der Waals surface area (Å²) in [4.78, 5) is 11.5. The lowest BCUT2D eigenvalue weighted by Crippen LogP contribution is -2.15.